The lowest BCUT2D eigenvalue weighted by Gasteiger charge is -2.32. The molecular weight excluding hydrogens is 471 g/mol. The first-order chi connectivity index (χ1) is 16.5. The molecule has 34 heavy (non-hydrogen) atoms. The van der Waals surface area contributed by atoms with Crippen LogP contribution in [0.3, 0.4) is 0 Å². The van der Waals surface area contributed by atoms with E-state index in [-0.39, 0.29) is 5.75 Å². The van der Waals surface area contributed by atoms with Crippen LogP contribution in [0.1, 0.15) is 79.6 Å². The second-order valence-corrected chi connectivity index (χ2v) is 10.8. The van der Waals surface area contributed by atoms with Gasteiger partial charge in [0.05, 0.1) is 18.4 Å². The van der Waals surface area contributed by atoms with E-state index in [4.69, 9.17) is 9.84 Å². The van der Waals surface area contributed by atoms with Crippen LogP contribution in [0, 0.1) is 35.4 Å². The van der Waals surface area contributed by atoms with Gasteiger partial charge in [0.1, 0.15) is 16.6 Å². The van der Waals surface area contributed by atoms with Crippen LogP contribution in [0.4, 0.5) is 10.1 Å². The second-order valence-electron chi connectivity index (χ2n) is 9.17. The number of ether oxygens (including phenoxy) is 1. The van der Waals surface area contributed by atoms with Crippen LogP contribution in [0.25, 0.3) is 0 Å². The van der Waals surface area contributed by atoms with E-state index in [1.54, 1.807) is 0 Å². The number of hydrogen-bond acceptors (Lipinski definition) is 6. The number of halogens is 1. The van der Waals surface area contributed by atoms with Gasteiger partial charge in [0.15, 0.2) is 5.01 Å². The Hall–Kier alpha value is -2.24. The molecule has 1 heterocycles. The Morgan fingerprint density at radius 1 is 1.15 bits per heavy atom. The van der Waals surface area contributed by atoms with Crippen molar-refractivity contribution in [3.8, 4) is 17.6 Å². The van der Waals surface area contributed by atoms with Crippen molar-refractivity contribution in [3.63, 3.8) is 0 Å². The van der Waals surface area contributed by atoms with Gasteiger partial charge in [0.25, 0.3) is 0 Å². The number of nitrogens with zero attached hydrogens (tertiary/aromatic N) is 1. The topological polar surface area (TPSA) is 71.5 Å². The molecular formula is C26H31FN2O3S2. The SMILES string of the molecule is COc1cc(C(=O)O)c(F)cc1NSc1csc(C#CC2CCC(C3CCCCCC3)CC2)n1. The number of carboxylic acid groups (broad SMARTS) is 1. The molecule has 0 radical (unpaired) electrons. The van der Waals surface area contributed by atoms with Gasteiger partial charge in [-0.2, -0.15) is 0 Å². The van der Waals surface area contributed by atoms with Crippen molar-refractivity contribution >= 4 is 34.9 Å². The number of carboxylic acids is 1. The minimum atomic E-state index is -1.34. The van der Waals surface area contributed by atoms with Crippen LogP contribution in [0.5, 0.6) is 5.75 Å². The number of nitrogens with one attached hydrogen (secondary N) is 1. The minimum absolute atomic E-state index is 0.251. The van der Waals surface area contributed by atoms with Gasteiger partial charge in [0, 0.05) is 29.3 Å². The van der Waals surface area contributed by atoms with Gasteiger partial charge < -0.3 is 14.6 Å². The van der Waals surface area contributed by atoms with Crippen molar-refractivity contribution in [3.05, 3.63) is 33.9 Å². The highest BCUT2D eigenvalue weighted by molar-refractivity contribution is 8.00. The number of thiazole rings is 1. The first kappa shape index (κ1) is 24.9. The van der Waals surface area contributed by atoms with E-state index in [0.717, 1.165) is 27.9 Å². The summed E-state index contributed by atoms with van der Waals surface area (Å²) in [6, 6.07) is 2.29. The van der Waals surface area contributed by atoms with Crippen molar-refractivity contribution in [2.24, 2.45) is 17.8 Å². The molecule has 0 saturated heterocycles. The number of methoxy groups -OCH3 is 1. The predicted octanol–water partition coefficient (Wildman–Crippen LogP) is 7.24. The molecule has 2 aliphatic carbocycles. The summed E-state index contributed by atoms with van der Waals surface area (Å²) in [4.78, 5) is 15.7. The van der Waals surface area contributed by atoms with Gasteiger partial charge in [-0.1, -0.05) is 44.4 Å². The zero-order chi connectivity index (χ0) is 23.9. The summed E-state index contributed by atoms with van der Waals surface area (Å²) in [6.45, 7) is 0. The van der Waals surface area contributed by atoms with Crippen molar-refractivity contribution in [1.82, 2.24) is 4.98 Å². The van der Waals surface area contributed by atoms with E-state index < -0.39 is 17.3 Å². The lowest BCUT2D eigenvalue weighted by atomic mass is 9.73. The number of benzene rings is 1. The molecule has 8 heteroatoms. The average molecular weight is 503 g/mol. The fourth-order valence-electron chi connectivity index (χ4n) is 5.12. The Kier molecular flexibility index (Phi) is 8.74. The van der Waals surface area contributed by atoms with Crippen LogP contribution in [-0.2, 0) is 0 Å². The third kappa shape index (κ3) is 6.45. The van der Waals surface area contributed by atoms with Gasteiger partial charge in [-0.25, -0.2) is 14.2 Å². The van der Waals surface area contributed by atoms with Crippen molar-refractivity contribution < 1.29 is 19.0 Å². The second kappa shape index (κ2) is 11.9. The van der Waals surface area contributed by atoms with Gasteiger partial charge in [-0.3, -0.25) is 0 Å². The highest BCUT2D eigenvalue weighted by atomic mass is 32.2. The van der Waals surface area contributed by atoms with Crippen molar-refractivity contribution in [2.75, 3.05) is 11.8 Å². The van der Waals surface area contributed by atoms with E-state index in [9.17, 15) is 9.18 Å². The molecule has 0 bridgehead atoms. The third-order valence-electron chi connectivity index (χ3n) is 6.99. The molecule has 2 aromatic rings. The Morgan fingerprint density at radius 3 is 2.53 bits per heavy atom. The molecule has 2 N–H and O–H groups in total. The summed E-state index contributed by atoms with van der Waals surface area (Å²) in [6.07, 6.45) is 13.5. The van der Waals surface area contributed by atoms with Gasteiger partial charge in [-0.15, -0.1) is 11.3 Å². The Bertz CT molecular complexity index is 1050. The van der Waals surface area contributed by atoms with Crippen LogP contribution in [-0.4, -0.2) is 23.2 Å². The zero-order valence-corrected chi connectivity index (χ0v) is 21.1. The molecule has 2 fully saturated rings. The van der Waals surface area contributed by atoms with Crippen LogP contribution >= 0.6 is 23.3 Å². The number of aromatic carboxylic acids is 1. The lowest BCUT2D eigenvalue weighted by molar-refractivity contribution is 0.0691. The number of carbonyl (C=O) groups is 1. The summed E-state index contributed by atoms with van der Waals surface area (Å²) in [7, 11) is 1.41. The van der Waals surface area contributed by atoms with Crippen LogP contribution < -0.4 is 9.46 Å². The fourth-order valence-corrected chi connectivity index (χ4v) is 6.56. The zero-order valence-electron chi connectivity index (χ0n) is 19.4. The smallest absolute Gasteiger partial charge is 0.338 e. The Morgan fingerprint density at radius 2 is 1.85 bits per heavy atom. The molecule has 0 spiro atoms. The van der Waals surface area contributed by atoms with E-state index in [2.05, 4.69) is 21.5 Å². The molecule has 182 valence electrons. The van der Waals surface area contributed by atoms with E-state index in [1.807, 2.05) is 5.38 Å². The standard InChI is InChI=1S/C26H31FN2O3S2/c1-32-23-14-20(26(30)31)21(27)15-22(23)29-34-25-16-33-24(28-25)13-10-17-8-11-19(12-9-17)18-6-4-2-3-5-7-18/h14-19,29H,2-9,11-12H2,1H3,(H,30,31). The summed E-state index contributed by atoms with van der Waals surface area (Å²) in [5.74, 6) is 7.09. The normalized spacial score (nSPS) is 21.2. The molecule has 5 nitrogen and oxygen atoms in total. The Labute approximate surface area is 209 Å². The van der Waals surface area contributed by atoms with Gasteiger partial charge in [0.2, 0.25) is 0 Å². The number of aromatic nitrogens is 1. The third-order valence-corrected chi connectivity index (χ3v) is 8.64. The molecule has 2 aliphatic rings. The monoisotopic (exact) mass is 502 g/mol. The maximum atomic E-state index is 14.1. The molecule has 0 amide bonds. The Balaban J connectivity index is 1.30. The summed E-state index contributed by atoms with van der Waals surface area (Å²) >= 11 is 2.70. The minimum Gasteiger partial charge on any atom is -0.495 e. The first-order valence-corrected chi connectivity index (χ1v) is 13.7. The quantitative estimate of drug-likeness (QED) is 0.247. The molecule has 0 atom stereocenters. The van der Waals surface area contributed by atoms with E-state index in [1.165, 1.54) is 101 Å². The summed E-state index contributed by atoms with van der Waals surface area (Å²) < 4.78 is 22.3. The molecule has 0 unspecified atom stereocenters. The van der Waals surface area contributed by atoms with E-state index >= 15 is 0 Å². The predicted molar refractivity (Wildman–Crippen MR) is 135 cm³/mol. The highest BCUT2D eigenvalue weighted by Gasteiger charge is 2.27. The van der Waals surface area contributed by atoms with E-state index in [0.29, 0.717) is 11.6 Å². The molecule has 2 saturated carbocycles. The van der Waals surface area contributed by atoms with Crippen LogP contribution in [0.15, 0.2) is 22.5 Å². The molecule has 1 aromatic heterocycles. The average Bonchev–Trinajstić information content (AvgIpc) is 3.12. The number of rotatable bonds is 6. The maximum absolute atomic E-state index is 14.1. The fraction of sp³-hybridized carbons (Fsp3) is 0.538. The number of anilines is 1. The van der Waals surface area contributed by atoms with Gasteiger partial charge in [-0.05, 0) is 49.5 Å². The van der Waals surface area contributed by atoms with Crippen molar-refractivity contribution in [2.45, 2.75) is 69.2 Å². The summed E-state index contributed by atoms with van der Waals surface area (Å²) in [5, 5.41) is 12.5. The van der Waals surface area contributed by atoms with Gasteiger partial charge >= 0.3 is 5.97 Å². The van der Waals surface area contributed by atoms with Crippen LogP contribution in [0.2, 0.25) is 0 Å². The largest absolute Gasteiger partial charge is 0.495 e. The highest BCUT2D eigenvalue weighted by Crippen LogP contribution is 2.39. The maximum Gasteiger partial charge on any atom is 0.338 e. The lowest BCUT2D eigenvalue weighted by Crippen LogP contribution is -2.21. The molecule has 1 aromatic carbocycles. The van der Waals surface area contributed by atoms with Crippen molar-refractivity contribution in [1.29, 1.82) is 0 Å². The first-order valence-electron chi connectivity index (χ1n) is 12.0. The summed E-state index contributed by atoms with van der Waals surface area (Å²) in [5.41, 5.74) is -0.0806. The molecule has 0 aliphatic heterocycles. The number of hydrogen-bond donors (Lipinski definition) is 2. The molecule has 4 rings (SSSR count).